The smallest absolute Gasteiger partial charge is 0.295 e. The second-order valence-electron chi connectivity index (χ2n) is 8.66. The van der Waals surface area contributed by atoms with Gasteiger partial charge >= 0.3 is 0 Å². The van der Waals surface area contributed by atoms with E-state index in [1.807, 2.05) is 72.8 Å². The Labute approximate surface area is 203 Å². The number of carbonyl (C=O) groups excluding carboxylic acids is 1. The van der Waals surface area contributed by atoms with Gasteiger partial charge in [0.2, 0.25) is 0 Å². The topological polar surface area (TPSA) is 29.1 Å². The predicted molar refractivity (Wildman–Crippen MR) is 144 cm³/mol. The van der Waals surface area contributed by atoms with Crippen molar-refractivity contribution in [3.05, 3.63) is 132 Å². The van der Waals surface area contributed by atoms with Gasteiger partial charge in [-0.25, -0.2) is 0 Å². The molecule has 0 aromatic heterocycles. The summed E-state index contributed by atoms with van der Waals surface area (Å²) in [6, 6.07) is 41.2. The van der Waals surface area contributed by atoms with Crippen molar-refractivity contribution >= 4 is 24.4 Å². The number of benzene rings is 4. The molecule has 0 saturated heterocycles. The van der Waals surface area contributed by atoms with E-state index >= 15 is 0 Å². The van der Waals surface area contributed by atoms with E-state index < -0.39 is 8.07 Å². The zero-order valence-corrected chi connectivity index (χ0v) is 20.4. The summed E-state index contributed by atoms with van der Waals surface area (Å²) in [6.07, 6.45) is 1.52. The molecule has 0 radical (unpaired) electrons. The molecule has 4 aromatic carbocycles. The highest BCUT2D eigenvalue weighted by molar-refractivity contribution is 7.07. The highest BCUT2D eigenvalue weighted by atomic mass is 28.3. The highest BCUT2D eigenvalue weighted by Crippen LogP contribution is 2.10. The average molecular weight is 460 g/mol. The second kappa shape index (κ2) is 11.3. The van der Waals surface area contributed by atoms with Gasteiger partial charge in [-0.3, -0.25) is 4.79 Å². The third kappa shape index (κ3) is 6.13. The van der Waals surface area contributed by atoms with E-state index in [1.165, 1.54) is 21.5 Å². The summed E-state index contributed by atoms with van der Waals surface area (Å²) in [5.41, 5.74) is 5.84. The maximum Gasteiger partial charge on any atom is 0.295 e. The van der Waals surface area contributed by atoms with Crippen molar-refractivity contribution in [3.8, 4) is 11.5 Å². The van der Waals surface area contributed by atoms with Gasteiger partial charge in [0, 0.05) is 6.04 Å². The summed E-state index contributed by atoms with van der Waals surface area (Å²) in [7, 11) is -2.39. The minimum atomic E-state index is -2.39. The first kappa shape index (κ1) is 23.3. The van der Waals surface area contributed by atoms with Crippen LogP contribution >= 0.6 is 0 Å². The van der Waals surface area contributed by atoms with Crippen LogP contribution in [0, 0.1) is 11.5 Å². The van der Waals surface area contributed by atoms with Gasteiger partial charge in [0.1, 0.15) is 0 Å². The van der Waals surface area contributed by atoms with Crippen LogP contribution in [0.15, 0.2) is 121 Å². The third-order valence-electron chi connectivity index (χ3n) is 6.11. The van der Waals surface area contributed by atoms with Crippen LogP contribution in [0.1, 0.15) is 11.1 Å². The lowest BCUT2D eigenvalue weighted by Gasteiger charge is -2.22. The third-order valence-corrected chi connectivity index (χ3v) is 9.71. The van der Waals surface area contributed by atoms with E-state index in [-0.39, 0.29) is 11.9 Å². The second-order valence-corrected chi connectivity index (χ2v) is 12.3. The van der Waals surface area contributed by atoms with Crippen molar-refractivity contribution in [1.29, 1.82) is 0 Å². The molecule has 0 spiro atoms. The van der Waals surface area contributed by atoms with E-state index in [0.717, 1.165) is 12.8 Å². The van der Waals surface area contributed by atoms with Gasteiger partial charge in [-0.2, -0.15) is 0 Å². The minimum Gasteiger partial charge on any atom is -0.342 e. The summed E-state index contributed by atoms with van der Waals surface area (Å²) in [6.45, 7) is 2.21. The fraction of sp³-hybridized carbons (Fsp3) is 0.129. The molecule has 0 aliphatic heterocycles. The molecule has 0 saturated carbocycles. The molecule has 0 fully saturated rings. The molecule has 1 amide bonds. The molecular formula is C31H29NOSi. The SMILES string of the molecule is C[Si](C#CC(=O)NC(Cc1ccccc1)Cc1ccccc1)(c1ccccc1)c1ccccc1. The molecule has 0 aliphatic carbocycles. The Balaban J connectivity index is 1.58. The number of amides is 1. The summed E-state index contributed by atoms with van der Waals surface area (Å²) >= 11 is 0. The van der Waals surface area contributed by atoms with Crippen LogP contribution in [0.4, 0.5) is 0 Å². The summed E-state index contributed by atoms with van der Waals surface area (Å²) in [5, 5.41) is 5.60. The van der Waals surface area contributed by atoms with E-state index in [0.29, 0.717) is 0 Å². The van der Waals surface area contributed by atoms with Crippen molar-refractivity contribution in [2.45, 2.75) is 25.4 Å². The monoisotopic (exact) mass is 459 g/mol. The zero-order valence-electron chi connectivity index (χ0n) is 19.4. The molecule has 1 N–H and O–H groups in total. The first-order chi connectivity index (χ1) is 16.6. The number of hydrogen-bond donors (Lipinski definition) is 1. The van der Waals surface area contributed by atoms with Crippen LogP contribution in [-0.4, -0.2) is 20.0 Å². The Morgan fingerprint density at radius 2 is 1.06 bits per heavy atom. The van der Waals surface area contributed by atoms with Crippen LogP contribution < -0.4 is 15.7 Å². The first-order valence-corrected chi connectivity index (χ1v) is 14.2. The Hall–Kier alpha value is -3.87. The molecule has 4 rings (SSSR count). The van der Waals surface area contributed by atoms with Gasteiger partial charge in [-0.05, 0) is 40.3 Å². The number of rotatable bonds is 7. The lowest BCUT2D eigenvalue weighted by Crippen LogP contribution is -2.55. The maximum atomic E-state index is 13.1. The fourth-order valence-electron chi connectivity index (χ4n) is 4.23. The number of carbonyl (C=O) groups is 1. The standard InChI is InChI=1S/C31H29NOSi/c1-34(29-18-10-4-11-19-29,30-20-12-5-13-21-30)23-22-31(33)32-28(24-26-14-6-2-7-15-26)25-27-16-8-3-9-17-27/h2-21,28H,24-25H2,1H3,(H,32,33). The molecule has 0 bridgehead atoms. The van der Waals surface area contributed by atoms with Crippen molar-refractivity contribution in [2.75, 3.05) is 0 Å². The molecule has 0 unspecified atom stereocenters. The molecule has 2 nitrogen and oxygen atoms in total. The van der Waals surface area contributed by atoms with Crippen LogP contribution in [-0.2, 0) is 17.6 Å². The quantitative estimate of drug-likeness (QED) is 0.322. The van der Waals surface area contributed by atoms with Gasteiger partial charge in [-0.15, -0.1) is 5.54 Å². The molecule has 0 atom stereocenters. The van der Waals surface area contributed by atoms with Crippen LogP contribution in [0.5, 0.6) is 0 Å². The number of hydrogen-bond acceptors (Lipinski definition) is 1. The molecule has 4 aromatic rings. The van der Waals surface area contributed by atoms with Gasteiger partial charge in [0.05, 0.1) is 0 Å². The van der Waals surface area contributed by atoms with Crippen molar-refractivity contribution in [3.63, 3.8) is 0 Å². The minimum absolute atomic E-state index is 0.0343. The van der Waals surface area contributed by atoms with Crippen LogP contribution in [0.25, 0.3) is 0 Å². The molecule has 0 heterocycles. The van der Waals surface area contributed by atoms with Crippen LogP contribution in [0.3, 0.4) is 0 Å². The Morgan fingerprint density at radius 3 is 1.47 bits per heavy atom. The average Bonchev–Trinajstić information content (AvgIpc) is 2.89. The molecule has 34 heavy (non-hydrogen) atoms. The van der Waals surface area contributed by atoms with Crippen molar-refractivity contribution in [1.82, 2.24) is 5.32 Å². The van der Waals surface area contributed by atoms with Gasteiger partial charge < -0.3 is 5.32 Å². The Bertz CT molecular complexity index is 1160. The van der Waals surface area contributed by atoms with E-state index in [9.17, 15) is 4.79 Å². The lowest BCUT2D eigenvalue weighted by atomic mass is 9.99. The highest BCUT2D eigenvalue weighted by Gasteiger charge is 2.30. The molecule has 168 valence electrons. The van der Waals surface area contributed by atoms with Gasteiger partial charge in [0.15, 0.2) is 8.07 Å². The van der Waals surface area contributed by atoms with Crippen molar-refractivity contribution < 1.29 is 4.79 Å². The molecular weight excluding hydrogens is 430 g/mol. The van der Waals surface area contributed by atoms with Crippen LogP contribution in [0.2, 0.25) is 6.55 Å². The fourth-order valence-corrected chi connectivity index (χ4v) is 6.93. The molecule has 3 heteroatoms. The Kier molecular flexibility index (Phi) is 7.75. The summed E-state index contributed by atoms with van der Waals surface area (Å²) < 4.78 is 0. The van der Waals surface area contributed by atoms with Gasteiger partial charge in [0.25, 0.3) is 5.91 Å². The van der Waals surface area contributed by atoms with Crippen molar-refractivity contribution in [2.24, 2.45) is 0 Å². The molecule has 0 aliphatic rings. The summed E-state index contributed by atoms with van der Waals surface area (Å²) in [4.78, 5) is 13.1. The van der Waals surface area contributed by atoms with Gasteiger partial charge in [-0.1, -0.05) is 128 Å². The largest absolute Gasteiger partial charge is 0.342 e. The maximum absolute atomic E-state index is 13.1. The first-order valence-electron chi connectivity index (χ1n) is 11.7. The van der Waals surface area contributed by atoms with E-state index in [4.69, 9.17) is 0 Å². The summed E-state index contributed by atoms with van der Waals surface area (Å²) in [5.74, 6) is 2.76. The number of nitrogens with one attached hydrogen (secondary N) is 1. The normalized spacial score (nSPS) is 10.9. The zero-order chi connectivity index (χ0) is 23.6. The van der Waals surface area contributed by atoms with E-state index in [2.05, 4.69) is 71.9 Å². The van der Waals surface area contributed by atoms with E-state index in [1.54, 1.807) is 0 Å². The lowest BCUT2D eigenvalue weighted by molar-refractivity contribution is -0.116. The predicted octanol–water partition coefficient (Wildman–Crippen LogP) is 4.39. The Morgan fingerprint density at radius 1 is 0.676 bits per heavy atom.